The minimum absolute atomic E-state index is 0.117. The lowest BCUT2D eigenvalue weighted by molar-refractivity contribution is -0.113. The highest BCUT2D eigenvalue weighted by atomic mass is 32.2. The maximum Gasteiger partial charge on any atom is 0.367 e. The summed E-state index contributed by atoms with van der Waals surface area (Å²) >= 11 is 2.78. The minimum atomic E-state index is -0.442. The van der Waals surface area contributed by atoms with Crippen molar-refractivity contribution in [3.05, 3.63) is 24.3 Å². The third kappa shape index (κ3) is 3.64. The predicted octanol–water partition coefficient (Wildman–Crippen LogP) is 4.13. The van der Waals surface area contributed by atoms with E-state index in [-0.39, 0.29) is 17.6 Å². The standard InChI is InChI=1S/C17H16N4O2S2/c22-14(20-17-19-12-7-3-4-8-13(12)25-17)9-24-15-10-5-1-2-6-11(10)18-16(23)21-15/h3-4,7-8,10H,1-2,5-6,9H2,(H,19,20,22). The monoisotopic (exact) mass is 372 g/mol. The fourth-order valence-electron chi connectivity index (χ4n) is 3.07. The largest absolute Gasteiger partial charge is 0.367 e. The highest BCUT2D eigenvalue weighted by Gasteiger charge is 2.30. The van der Waals surface area contributed by atoms with Gasteiger partial charge in [0, 0.05) is 11.6 Å². The van der Waals surface area contributed by atoms with Crippen LogP contribution in [-0.4, -0.2) is 33.4 Å². The molecule has 1 N–H and O–H groups in total. The number of benzene rings is 1. The summed E-state index contributed by atoms with van der Waals surface area (Å²) in [6, 6.07) is 7.32. The summed E-state index contributed by atoms with van der Waals surface area (Å²) in [5, 5.41) is 4.15. The molecule has 1 aliphatic heterocycles. The first-order chi connectivity index (χ1) is 12.2. The number of hydrogen-bond acceptors (Lipinski definition) is 5. The molecule has 2 aliphatic rings. The van der Waals surface area contributed by atoms with Crippen LogP contribution in [0.25, 0.3) is 10.2 Å². The van der Waals surface area contributed by atoms with Crippen molar-refractivity contribution in [3.63, 3.8) is 0 Å². The molecule has 6 nitrogen and oxygen atoms in total. The van der Waals surface area contributed by atoms with E-state index >= 15 is 0 Å². The maximum absolute atomic E-state index is 12.2. The summed E-state index contributed by atoms with van der Waals surface area (Å²) < 4.78 is 1.04. The van der Waals surface area contributed by atoms with Gasteiger partial charge in [-0.1, -0.05) is 41.7 Å². The van der Waals surface area contributed by atoms with Gasteiger partial charge in [-0.25, -0.2) is 14.8 Å². The molecule has 1 aromatic carbocycles. The number of urea groups is 1. The molecule has 2 aromatic rings. The van der Waals surface area contributed by atoms with Gasteiger partial charge < -0.3 is 5.32 Å². The molecular formula is C17H16N4O2S2. The number of thioether (sulfide) groups is 1. The topological polar surface area (TPSA) is 83.8 Å². The number of rotatable bonds is 3. The molecule has 8 heteroatoms. The second kappa shape index (κ2) is 7.05. The van der Waals surface area contributed by atoms with Crippen LogP contribution in [0.5, 0.6) is 0 Å². The normalized spacial score (nSPS) is 20.0. The van der Waals surface area contributed by atoms with Crippen molar-refractivity contribution in [2.45, 2.75) is 25.7 Å². The Labute approximate surface area is 152 Å². The second-order valence-corrected chi connectivity index (χ2v) is 7.98. The zero-order valence-corrected chi connectivity index (χ0v) is 15.0. The van der Waals surface area contributed by atoms with Crippen LogP contribution in [-0.2, 0) is 4.79 Å². The molecule has 128 valence electrons. The van der Waals surface area contributed by atoms with Crippen LogP contribution < -0.4 is 5.32 Å². The Hall–Kier alpha value is -2.06. The van der Waals surface area contributed by atoms with E-state index in [1.807, 2.05) is 24.3 Å². The van der Waals surface area contributed by atoms with E-state index in [4.69, 9.17) is 0 Å². The van der Waals surface area contributed by atoms with Crippen LogP contribution in [0.15, 0.2) is 34.3 Å². The Morgan fingerprint density at radius 3 is 3.04 bits per heavy atom. The van der Waals surface area contributed by atoms with Gasteiger partial charge in [0.1, 0.15) is 0 Å². The lowest BCUT2D eigenvalue weighted by Gasteiger charge is -2.26. The van der Waals surface area contributed by atoms with Crippen LogP contribution in [0.2, 0.25) is 0 Å². The first kappa shape index (κ1) is 16.4. The van der Waals surface area contributed by atoms with Crippen LogP contribution in [0.3, 0.4) is 0 Å². The average Bonchev–Trinajstić information content (AvgIpc) is 3.01. The molecule has 1 aromatic heterocycles. The van der Waals surface area contributed by atoms with Crippen LogP contribution >= 0.6 is 23.1 Å². The maximum atomic E-state index is 12.2. The van der Waals surface area contributed by atoms with Gasteiger partial charge in [0.15, 0.2) is 5.13 Å². The van der Waals surface area contributed by atoms with Crippen molar-refractivity contribution in [2.75, 3.05) is 11.1 Å². The Morgan fingerprint density at radius 1 is 1.28 bits per heavy atom. The minimum Gasteiger partial charge on any atom is -0.301 e. The number of nitrogens with one attached hydrogen (secondary N) is 1. The molecule has 1 fully saturated rings. The van der Waals surface area contributed by atoms with Gasteiger partial charge in [-0.3, -0.25) is 4.79 Å². The Morgan fingerprint density at radius 2 is 2.16 bits per heavy atom. The third-order valence-electron chi connectivity index (χ3n) is 4.21. The zero-order valence-electron chi connectivity index (χ0n) is 13.4. The van der Waals surface area contributed by atoms with Gasteiger partial charge in [-0.2, -0.15) is 4.99 Å². The highest BCUT2D eigenvalue weighted by molar-refractivity contribution is 8.14. The number of fused-ring (bicyclic) bond motifs is 2. The Kier molecular flexibility index (Phi) is 4.63. The van der Waals surface area contributed by atoms with Crippen molar-refractivity contribution < 1.29 is 9.59 Å². The molecule has 0 saturated heterocycles. The van der Waals surface area contributed by atoms with Gasteiger partial charge >= 0.3 is 6.03 Å². The molecule has 1 saturated carbocycles. The molecular weight excluding hydrogens is 356 g/mol. The summed E-state index contributed by atoms with van der Waals surface area (Å²) in [5.74, 6) is 0.192. The molecule has 3 amide bonds. The number of hydrogen-bond donors (Lipinski definition) is 1. The van der Waals surface area contributed by atoms with Gasteiger partial charge in [0.2, 0.25) is 5.91 Å². The molecule has 4 rings (SSSR count). The molecule has 1 unspecified atom stereocenters. The predicted molar refractivity (Wildman–Crippen MR) is 103 cm³/mol. The summed E-state index contributed by atoms with van der Waals surface area (Å²) in [4.78, 5) is 36.4. The van der Waals surface area contributed by atoms with Crippen LogP contribution in [0, 0.1) is 5.92 Å². The zero-order chi connectivity index (χ0) is 17.2. The Balaban J connectivity index is 1.39. The van der Waals surface area contributed by atoms with E-state index in [9.17, 15) is 9.59 Å². The van der Waals surface area contributed by atoms with Crippen LogP contribution in [0.4, 0.5) is 9.93 Å². The summed E-state index contributed by atoms with van der Waals surface area (Å²) in [7, 11) is 0. The van der Waals surface area contributed by atoms with Crippen molar-refractivity contribution in [2.24, 2.45) is 15.9 Å². The third-order valence-corrected chi connectivity index (χ3v) is 6.24. The lowest BCUT2D eigenvalue weighted by Crippen LogP contribution is -2.31. The first-order valence-corrected chi connectivity index (χ1v) is 9.97. The summed E-state index contributed by atoms with van der Waals surface area (Å²) in [5.41, 5.74) is 1.81. The Bertz CT molecular complexity index is 870. The van der Waals surface area contributed by atoms with E-state index in [1.54, 1.807) is 0 Å². The van der Waals surface area contributed by atoms with Crippen molar-refractivity contribution >= 4 is 61.1 Å². The number of para-hydroxylation sites is 1. The summed E-state index contributed by atoms with van der Waals surface area (Å²) in [6.07, 6.45) is 3.99. The van der Waals surface area contributed by atoms with E-state index < -0.39 is 6.03 Å². The van der Waals surface area contributed by atoms with Gasteiger partial charge in [-0.15, -0.1) is 0 Å². The van der Waals surface area contributed by atoms with E-state index in [0.717, 1.165) is 46.7 Å². The molecule has 0 spiro atoms. The smallest absolute Gasteiger partial charge is 0.301 e. The van der Waals surface area contributed by atoms with Gasteiger partial charge in [0.05, 0.1) is 21.0 Å². The molecule has 0 bridgehead atoms. The fraction of sp³-hybridized carbons (Fsp3) is 0.353. The van der Waals surface area contributed by atoms with Crippen molar-refractivity contribution in [3.8, 4) is 0 Å². The van der Waals surface area contributed by atoms with Crippen molar-refractivity contribution in [1.82, 2.24) is 4.98 Å². The highest BCUT2D eigenvalue weighted by Crippen LogP contribution is 2.31. The number of anilines is 1. The number of aromatic nitrogens is 1. The fourth-order valence-corrected chi connectivity index (χ4v) is 4.90. The van der Waals surface area contributed by atoms with Crippen LogP contribution in [0.1, 0.15) is 25.7 Å². The lowest BCUT2D eigenvalue weighted by atomic mass is 9.87. The summed E-state index contributed by atoms with van der Waals surface area (Å²) in [6.45, 7) is 0. The number of carbonyl (C=O) groups is 2. The van der Waals surface area contributed by atoms with Gasteiger partial charge in [0.25, 0.3) is 0 Å². The number of carbonyl (C=O) groups excluding carboxylic acids is 2. The average molecular weight is 372 g/mol. The number of nitrogens with zero attached hydrogens (tertiary/aromatic N) is 3. The van der Waals surface area contributed by atoms with E-state index in [0.29, 0.717) is 5.13 Å². The SMILES string of the molecule is O=C1N=C2CCCCC2C(SCC(=O)Nc2nc3ccccc3s2)=N1. The number of amides is 3. The van der Waals surface area contributed by atoms with E-state index in [2.05, 4.69) is 20.3 Å². The molecule has 1 aliphatic carbocycles. The quantitative estimate of drug-likeness (QED) is 0.878. The number of thiazole rings is 1. The molecule has 25 heavy (non-hydrogen) atoms. The number of aliphatic imine (C=N–C) groups is 2. The first-order valence-electron chi connectivity index (χ1n) is 8.17. The van der Waals surface area contributed by atoms with Gasteiger partial charge in [-0.05, 0) is 31.4 Å². The molecule has 2 heterocycles. The van der Waals surface area contributed by atoms with E-state index in [1.165, 1.54) is 23.1 Å². The molecule has 1 atom stereocenters. The van der Waals surface area contributed by atoms with Crippen molar-refractivity contribution in [1.29, 1.82) is 0 Å². The second-order valence-electron chi connectivity index (χ2n) is 5.96. The molecule has 0 radical (unpaired) electrons.